The first kappa shape index (κ1) is 14.3. The van der Waals surface area contributed by atoms with Gasteiger partial charge in [0.15, 0.2) is 0 Å². The van der Waals surface area contributed by atoms with Gasteiger partial charge in [0.05, 0.1) is 6.54 Å². The van der Waals surface area contributed by atoms with E-state index in [0.29, 0.717) is 6.54 Å². The molecule has 2 aromatic rings. The van der Waals surface area contributed by atoms with E-state index >= 15 is 0 Å². The Hall–Kier alpha value is -1.66. The van der Waals surface area contributed by atoms with Crippen LogP contribution in [0.25, 0.3) is 0 Å². The van der Waals surface area contributed by atoms with Gasteiger partial charge in [0.2, 0.25) is 5.91 Å². The van der Waals surface area contributed by atoms with Crippen molar-refractivity contribution in [1.82, 2.24) is 20.0 Å². The number of amides is 1. The minimum absolute atomic E-state index is 0.0635. The Kier molecular flexibility index (Phi) is 4.36. The van der Waals surface area contributed by atoms with Gasteiger partial charge in [0.1, 0.15) is 6.04 Å². The molecular formula is C15H17BrN4O. The van der Waals surface area contributed by atoms with Crippen molar-refractivity contribution in [2.24, 2.45) is 0 Å². The normalized spacial score (nSPS) is 19.5. The van der Waals surface area contributed by atoms with Gasteiger partial charge in [-0.05, 0) is 17.7 Å². The molecule has 1 aliphatic heterocycles. The molecule has 1 N–H and O–H groups in total. The molecule has 0 aliphatic carbocycles. The zero-order chi connectivity index (χ0) is 14.7. The predicted molar refractivity (Wildman–Crippen MR) is 83.7 cm³/mol. The first-order valence-electron chi connectivity index (χ1n) is 6.99. The number of benzene rings is 1. The Morgan fingerprint density at radius 3 is 2.90 bits per heavy atom. The Morgan fingerprint density at radius 2 is 2.14 bits per heavy atom. The highest BCUT2D eigenvalue weighted by molar-refractivity contribution is 9.10. The maximum Gasteiger partial charge on any atom is 0.242 e. The fourth-order valence-electron chi connectivity index (χ4n) is 2.65. The van der Waals surface area contributed by atoms with E-state index in [1.54, 1.807) is 6.20 Å². The van der Waals surface area contributed by atoms with Crippen molar-refractivity contribution in [2.75, 3.05) is 19.6 Å². The SMILES string of the molecule is O=C1NCCN(CCn2cccn2)[C@H]1c1ccccc1Br. The number of nitrogens with one attached hydrogen (secondary N) is 1. The highest BCUT2D eigenvalue weighted by atomic mass is 79.9. The average molecular weight is 349 g/mol. The molecule has 2 heterocycles. The van der Waals surface area contributed by atoms with Crippen LogP contribution in [-0.4, -0.2) is 40.2 Å². The molecule has 0 radical (unpaired) electrons. The molecule has 110 valence electrons. The van der Waals surface area contributed by atoms with Gasteiger partial charge in [-0.1, -0.05) is 34.1 Å². The quantitative estimate of drug-likeness (QED) is 0.916. The van der Waals surface area contributed by atoms with Gasteiger partial charge in [0.25, 0.3) is 0 Å². The number of hydrogen-bond acceptors (Lipinski definition) is 3. The molecule has 3 rings (SSSR count). The summed E-state index contributed by atoms with van der Waals surface area (Å²) in [5, 5.41) is 7.17. The number of aromatic nitrogens is 2. The smallest absolute Gasteiger partial charge is 0.242 e. The topological polar surface area (TPSA) is 50.2 Å². The summed E-state index contributed by atoms with van der Waals surface area (Å²) in [4.78, 5) is 14.5. The lowest BCUT2D eigenvalue weighted by Gasteiger charge is -2.35. The fourth-order valence-corrected chi connectivity index (χ4v) is 3.16. The van der Waals surface area contributed by atoms with Crippen molar-refractivity contribution in [3.05, 3.63) is 52.8 Å². The number of carbonyl (C=O) groups is 1. The van der Waals surface area contributed by atoms with Crippen molar-refractivity contribution >= 4 is 21.8 Å². The molecule has 1 aromatic heterocycles. The van der Waals surface area contributed by atoms with Crippen molar-refractivity contribution < 1.29 is 4.79 Å². The van der Waals surface area contributed by atoms with E-state index in [0.717, 1.165) is 29.7 Å². The molecule has 1 saturated heterocycles. The zero-order valence-electron chi connectivity index (χ0n) is 11.6. The Bertz CT molecular complexity index is 614. The van der Waals surface area contributed by atoms with Crippen LogP contribution in [-0.2, 0) is 11.3 Å². The fraction of sp³-hybridized carbons (Fsp3) is 0.333. The minimum atomic E-state index is -0.245. The second-order valence-electron chi connectivity index (χ2n) is 5.02. The highest BCUT2D eigenvalue weighted by Gasteiger charge is 2.31. The maximum atomic E-state index is 12.3. The molecule has 1 amide bonds. The molecule has 0 bridgehead atoms. The van der Waals surface area contributed by atoms with Gasteiger partial charge in [-0.15, -0.1) is 0 Å². The molecular weight excluding hydrogens is 332 g/mol. The summed E-state index contributed by atoms with van der Waals surface area (Å²) in [6.07, 6.45) is 3.71. The molecule has 1 fully saturated rings. The van der Waals surface area contributed by atoms with Crippen molar-refractivity contribution in [3.8, 4) is 0 Å². The van der Waals surface area contributed by atoms with E-state index in [9.17, 15) is 4.79 Å². The maximum absolute atomic E-state index is 12.3. The molecule has 1 aliphatic rings. The second kappa shape index (κ2) is 6.41. The predicted octanol–water partition coefficient (Wildman–Crippen LogP) is 1.82. The molecule has 0 spiro atoms. The zero-order valence-corrected chi connectivity index (χ0v) is 13.2. The van der Waals surface area contributed by atoms with Crippen LogP contribution in [0.5, 0.6) is 0 Å². The average Bonchev–Trinajstić information content (AvgIpc) is 3.00. The van der Waals surface area contributed by atoms with E-state index in [1.807, 2.05) is 41.2 Å². The van der Waals surface area contributed by atoms with E-state index in [2.05, 4.69) is 31.2 Å². The van der Waals surface area contributed by atoms with Crippen LogP contribution < -0.4 is 5.32 Å². The number of hydrogen-bond donors (Lipinski definition) is 1. The summed E-state index contributed by atoms with van der Waals surface area (Å²) in [6.45, 7) is 3.11. The summed E-state index contributed by atoms with van der Waals surface area (Å²) < 4.78 is 2.86. The Balaban J connectivity index is 1.80. The summed E-state index contributed by atoms with van der Waals surface area (Å²) in [6, 6.07) is 9.57. The lowest BCUT2D eigenvalue weighted by molar-refractivity contribution is -0.129. The summed E-state index contributed by atoms with van der Waals surface area (Å²) in [5.74, 6) is 0.0635. The largest absolute Gasteiger partial charge is 0.353 e. The molecule has 1 atom stereocenters. The van der Waals surface area contributed by atoms with Gasteiger partial charge in [-0.2, -0.15) is 5.10 Å². The third-order valence-electron chi connectivity index (χ3n) is 3.69. The number of halogens is 1. The minimum Gasteiger partial charge on any atom is -0.353 e. The van der Waals surface area contributed by atoms with Gasteiger partial charge in [-0.3, -0.25) is 14.4 Å². The van der Waals surface area contributed by atoms with Crippen molar-refractivity contribution in [3.63, 3.8) is 0 Å². The third kappa shape index (κ3) is 3.16. The molecule has 6 heteroatoms. The van der Waals surface area contributed by atoms with Crippen molar-refractivity contribution in [1.29, 1.82) is 0 Å². The Labute approximate surface area is 132 Å². The number of nitrogens with zero attached hydrogens (tertiary/aromatic N) is 3. The van der Waals surface area contributed by atoms with E-state index < -0.39 is 0 Å². The van der Waals surface area contributed by atoms with Crippen LogP contribution in [0.1, 0.15) is 11.6 Å². The molecule has 1 aromatic carbocycles. The lowest BCUT2D eigenvalue weighted by Crippen LogP contribution is -2.50. The summed E-state index contributed by atoms with van der Waals surface area (Å²) in [7, 11) is 0. The van der Waals surface area contributed by atoms with E-state index in [4.69, 9.17) is 0 Å². The van der Waals surface area contributed by atoms with Crippen molar-refractivity contribution in [2.45, 2.75) is 12.6 Å². The molecule has 5 nitrogen and oxygen atoms in total. The summed E-state index contributed by atoms with van der Waals surface area (Å²) in [5.41, 5.74) is 1.01. The monoisotopic (exact) mass is 348 g/mol. The van der Waals surface area contributed by atoms with Gasteiger partial charge in [0, 0.05) is 36.5 Å². The number of rotatable bonds is 4. The van der Waals surface area contributed by atoms with Gasteiger partial charge < -0.3 is 5.32 Å². The summed E-state index contributed by atoms with van der Waals surface area (Å²) >= 11 is 3.55. The molecule has 0 saturated carbocycles. The van der Waals surface area contributed by atoms with Crippen LogP contribution in [0.2, 0.25) is 0 Å². The molecule has 21 heavy (non-hydrogen) atoms. The van der Waals surface area contributed by atoms with Crippen LogP contribution in [0.3, 0.4) is 0 Å². The third-order valence-corrected chi connectivity index (χ3v) is 4.41. The van der Waals surface area contributed by atoms with E-state index in [1.165, 1.54) is 0 Å². The lowest BCUT2D eigenvalue weighted by atomic mass is 10.0. The first-order chi connectivity index (χ1) is 10.3. The van der Waals surface area contributed by atoms with Crippen LogP contribution in [0, 0.1) is 0 Å². The highest BCUT2D eigenvalue weighted by Crippen LogP contribution is 2.29. The van der Waals surface area contributed by atoms with Crippen LogP contribution in [0.4, 0.5) is 0 Å². The Morgan fingerprint density at radius 1 is 1.29 bits per heavy atom. The van der Waals surface area contributed by atoms with Gasteiger partial charge >= 0.3 is 0 Å². The van der Waals surface area contributed by atoms with Gasteiger partial charge in [-0.25, -0.2) is 0 Å². The number of piperazine rings is 1. The first-order valence-corrected chi connectivity index (χ1v) is 7.78. The van der Waals surface area contributed by atoms with E-state index in [-0.39, 0.29) is 11.9 Å². The van der Waals surface area contributed by atoms with Crippen LogP contribution >= 0.6 is 15.9 Å². The standard InChI is InChI=1S/C15H17BrN4O/c16-13-5-2-1-4-12(13)14-15(21)17-7-9-19(14)10-11-20-8-3-6-18-20/h1-6,8,14H,7,9-11H2,(H,17,21)/t14-/m0/s1. The molecule has 0 unspecified atom stereocenters. The number of carbonyl (C=O) groups excluding carboxylic acids is 1. The van der Waals surface area contributed by atoms with Crippen LogP contribution in [0.15, 0.2) is 47.2 Å². The second-order valence-corrected chi connectivity index (χ2v) is 5.87.